The summed E-state index contributed by atoms with van der Waals surface area (Å²) in [4.78, 5) is 11.3. The van der Waals surface area contributed by atoms with Gasteiger partial charge in [0, 0.05) is 19.4 Å². The smallest absolute Gasteiger partial charge is 0.245 e. The second kappa shape index (κ2) is 10.3. The summed E-state index contributed by atoms with van der Waals surface area (Å²) in [6.45, 7) is 0.747. The second-order valence-electron chi connectivity index (χ2n) is 7.52. The highest BCUT2D eigenvalue weighted by Gasteiger charge is 2.48. The molecule has 3 rings (SSSR count). The Morgan fingerprint density at radius 3 is 2.67 bits per heavy atom. The van der Waals surface area contributed by atoms with Crippen molar-refractivity contribution in [2.75, 3.05) is 25.2 Å². The number of carbonyl (C=O) groups is 1. The van der Waals surface area contributed by atoms with Crippen LogP contribution < -0.4 is 4.74 Å². The molecule has 27 heavy (non-hydrogen) atoms. The number of rotatable bonds is 11. The van der Waals surface area contributed by atoms with Crippen molar-refractivity contribution in [3.8, 4) is 5.75 Å². The van der Waals surface area contributed by atoms with Crippen molar-refractivity contribution in [3.63, 3.8) is 0 Å². The first kappa shape index (κ1) is 20.5. The Labute approximate surface area is 166 Å². The van der Waals surface area contributed by atoms with E-state index in [9.17, 15) is 4.79 Å². The van der Waals surface area contributed by atoms with E-state index in [-0.39, 0.29) is 5.91 Å². The summed E-state index contributed by atoms with van der Waals surface area (Å²) in [5.41, 5.74) is 0. The predicted molar refractivity (Wildman–Crippen MR) is 107 cm³/mol. The van der Waals surface area contributed by atoms with Crippen molar-refractivity contribution in [1.82, 2.24) is 5.06 Å². The summed E-state index contributed by atoms with van der Waals surface area (Å²) < 4.78 is 12.2. The maximum Gasteiger partial charge on any atom is 0.245 e. The Morgan fingerprint density at radius 1 is 1.19 bits per heavy atom. The summed E-state index contributed by atoms with van der Waals surface area (Å²) >= 11 is 1.96. The normalized spacial score (nSPS) is 26.3. The van der Waals surface area contributed by atoms with Gasteiger partial charge in [0.1, 0.15) is 5.75 Å². The van der Waals surface area contributed by atoms with Gasteiger partial charge < -0.3 is 9.47 Å². The van der Waals surface area contributed by atoms with Crippen molar-refractivity contribution < 1.29 is 19.5 Å². The standard InChI is InChI=1S/C21H31NO4S/c1-22(24)21(23)9-5-6-13-27-14-12-17-18(20-11-10-19(17)26-20)15-25-16-7-3-2-4-8-16/h2-4,7-8,17-20,24H,5-6,9-15H2,1H3. The molecule has 2 aliphatic rings. The van der Waals surface area contributed by atoms with Gasteiger partial charge in [0.25, 0.3) is 0 Å². The highest BCUT2D eigenvalue weighted by atomic mass is 32.2. The lowest BCUT2D eigenvalue weighted by atomic mass is 9.78. The number of hydrogen-bond acceptors (Lipinski definition) is 5. The number of thioether (sulfide) groups is 1. The number of benzene rings is 1. The maximum absolute atomic E-state index is 11.3. The summed E-state index contributed by atoms with van der Waals surface area (Å²) in [7, 11) is 1.38. The van der Waals surface area contributed by atoms with Crippen molar-refractivity contribution in [2.24, 2.45) is 11.8 Å². The van der Waals surface area contributed by atoms with Gasteiger partial charge in [0.15, 0.2) is 0 Å². The molecule has 1 aromatic carbocycles. The zero-order valence-electron chi connectivity index (χ0n) is 16.1. The van der Waals surface area contributed by atoms with Crippen LogP contribution in [-0.2, 0) is 9.53 Å². The molecule has 0 radical (unpaired) electrons. The van der Waals surface area contributed by atoms with E-state index >= 15 is 0 Å². The molecule has 1 aromatic rings. The van der Waals surface area contributed by atoms with Gasteiger partial charge in [0.2, 0.25) is 5.91 Å². The fourth-order valence-electron chi connectivity index (χ4n) is 4.17. The van der Waals surface area contributed by atoms with Crippen molar-refractivity contribution in [3.05, 3.63) is 30.3 Å². The van der Waals surface area contributed by atoms with E-state index < -0.39 is 0 Å². The number of amides is 1. The third-order valence-corrected chi connectivity index (χ3v) is 6.76. The minimum Gasteiger partial charge on any atom is -0.493 e. The first-order valence-corrected chi connectivity index (χ1v) is 11.2. The zero-order valence-corrected chi connectivity index (χ0v) is 16.9. The van der Waals surface area contributed by atoms with Crippen LogP contribution in [0.1, 0.15) is 38.5 Å². The Morgan fingerprint density at radius 2 is 1.93 bits per heavy atom. The van der Waals surface area contributed by atoms with E-state index in [1.165, 1.54) is 26.3 Å². The minimum atomic E-state index is -0.208. The van der Waals surface area contributed by atoms with E-state index in [1.807, 2.05) is 42.1 Å². The van der Waals surface area contributed by atoms with Crippen LogP contribution in [0.3, 0.4) is 0 Å². The molecule has 4 atom stereocenters. The molecule has 1 N–H and O–H groups in total. The van der Waals surface area contributed by atoms with Gasteiger partial charge >= 0.3 is 0 Å². The van der Waals surface area contributed by atoms with Crippen LogP contribution in [0, 0.1) is 11.8 Å². The maximum atomic E-state index is 11.3. The molecule has 2 fully saturated rings. The number of para-hydroxylation sites is 1. The van der Waals surface area contributed by atoms with E-state index in [0.29, 0.717) is 35.5 Å². The molecular weight excluding hydrogens is 362 g/mol. The van der Waals surface area contributed by atoms with Crippen molar-refractivity contribution >= 4 is 17.7 Å². The third kappa shape index (κ3) is 5.87. The molecule has 5 nitrogen and oxygen atoms in total. The molecule has 0 aliphatic carbocycles. The average molecular weight is 394 g/mol. The average Bonchev–Trinajstić information content (AvgIpc) is 3.28. The third-order valence-electron chi connectivity index (χ3n) is 5.66. The number of nitrogens with zero attached hydrogens (tertiary/aromatic N) is 1. The molecule has 0 aromatic heterocycles. The zero-order chi connectivity index (χ0) is 19.1. The van der Waals surface area contributed by atoms with E-state index in [4.69, 9.17) is 14.7 Å². The van der Waals surface area contributed by atoms with Gasteiger partial charge in [-0.2, -0.15) is 11.8 Å². The quantitative estimate of drug-likeness (QED) is 0.350. The SMILES string of the molecule is CN(O)C(=O)CCCCSCCC1C2CCC(O2)C1COc1ccccc1. The molecule has 0 spiro atoms. The van der Waals surface area contributed by atoms with Gasteiger partial charge in [-0.15, -0.1) is 0 Å². The van der Waals surface area contributed by atoms with Gasteiger partial charge in [0.05, 0.1) is 18.8 Å². The predicted octanol–water partition coefficient (Wildman–Crippen LogP) is 4.00. The van der Waals surface area contributed by atoms with Crippen molar-refractivity contribution in [1.29, 1.82) is 0 Å². The van der Waals surface area contributed by atoms with E-state index in [0.717, 1.165) is 36.7 Å². The van der Waals surface area contributed by atoms with Crippen molar-refractivity contribution in [2.45, 2.75) is 50.7 Å². The Bertz CT molecular complexity index is 583. The number of ether oxygens (including phenoxy) is 2. The lowest BCUT2D eigenvalue weighted by molar-refractivity contribution is -0.159. The first-order chi connectivity index (χ1) is 13.1. The highest BCUT2D eigenvalue weighted by Crippen LogP contribution is 2.45. The van der Waals surface area contributed by atoms with E-state index in [2.05, 4.69) is 0 Å². The number of unbranched alkanes of at least 4 members (excludes halogenated alkanes) is 1. The fourth-order valence-corrected chi connectivity index (χ4v) is 5.23. The minimum absolute atomic E-state index is 0.208. The molecule has 0 saturated carbocycles. The number of fused-ring (bicyclic) bond motifs is 2. The van der Waals surface area contributed by atoms with Crippen LogP contribution >= 0.6 is 11.8 Å². The molecule has 2 saturated heterocycles. The summed E-state index contributed by atoms with van der Waals surface area (Å²) in [6.07, 6.45) is 6.59. The molecule has 2 aliphatic heterocycles. The van der Waals surface area contributed by atoms with Gasteiger partial charge in [-0.1, -0.05) is 18.2 Å². The van der Waals surface area contributed by atoms with Crippen LogP contribution in [-0.4, -0.2) is 53.5 Å². The lowest BCUT2D eigenvalue weighted by Crippen LogP contribution is -2.32. The lowest BCUT2D eigenvalue weighted by Gasteiger charge is -2.28. The van der Waals surface area contributed by atoms with Crippen LogP contribution in [0.15, 0.2) is 30.3 Å². The molecule has 1 amide bonds. The van der Waals surface area contributed by atoms with Gasteiger partial charge in [-0.05, 0) is 61.7 Å². The van der Waals surface area contributed by atoms with E-state index in [1.54, 1.807) is 0 Å². The molecule has 150 valence electrons. The molecule has 4 unspecified atom stereocenters. The number of hydroxylamine groups is 2. The second-order valence-corrected chi connectivity index (χ2v) is 8.74. The fraction of sp³-hybridized carbons (Fsp3) is 0.667. The van der Waals surface area contributed by atoms with Crippen LogP contribution in [0.4, 0.5) is 0 Å². The summed E-state index contributed by atoms with van der Waals surface area (Å²) in [5.74, 6) is 4.03. The Kier molecular flexibility index (Phi) is 7.85. The molecular formula is C21H31NO4S. The number of carbonyl (C=O) groups excluding carboxylic acids is 1. The molecule has 6 heteroatoms. The Balaban J connectivity index is 1.34. The first-order valence-electron chi connectivity index (χ1n) is 10.0. The Hall–Kier alpha value is -1.24. The molecule has 2 heterocycles. The van der Waals surface area contributed by atoms with Crippen LogP contribution in [0.25, 0.3) is 0 Å². The largest absolute Gasteiger partial charge is 0.493 e. The summed E-state index contributed by atoms with van der Waals surface area (Å²) in [5, 5.41) is 9.71. The van der Waals surface area contributed by atoms with Gasteiger partial charge in [-0.3, -0.25) is 10.0 Å². The number of hydrogen-bond donors (Lipinski definition) is 1. The molecule has 2 bridgehead atoms. The highest BCUT2D eigenvalue weighted by molar-refractivity contribution is 7.99. The monoisotopic (exact) mass is 393 g/mol. The van der Waals surface area contributed by atoms with Crippen LogP contribution in [0.2, 0.25) is 0 Å². The summed E-state index contributed by atoms with van der Waals surface area (Å²) in [6, 6.07) is 10.0. The van der Waals surface area contributed by atoms with Gasteiger partial charge in [-0.25, -0.2) is 5.06 Å². The van der Waals surface area contributed by atoms with Crippen LogP contribution in [0.5, 0.6) is 5.75 Å². The topological polar surface area (TPSA) is 59.0 Å².